The topological polar surface area (TPSA) is 22.0 Å². The zero-order chi connectivity index (χ0) is 16.0. The normalized spacial score (nSPS) is 29.5. The molecule has 2 nitrogen and oxygen atoms in total. The lowest BCUT2D eigenvalue weighted by Crippen LogP contribution is -2.51. The summed E-state index contributed by atoms with van der Waals surface area (Å²) < 4.78 is 2.09. The molecule has 23 heavy (non-hydrogen) atoms. The lowest BCUT2D eigenvalue weighted by atomic mass is 9.51. The largest absolute Gasteiger partial charge is 0.324 e. The van der Waals surface area contributed by atoms with Gasteiger partial charge in [-0.1, -0.05) is 38.1 Å². The van der Waals surface area contributed by atoms with E-state index in [4.69, 9.17) is 0 Å². The van der Waals surface area contributed by atoms with E-state index >= 15 is 0 Å². The van der Waals surface area contributed by atoms with Crippen molar-refractivity contribution in [3.8, 4) is 5.69 Å². The van der Waals surface area contributed by atoms with Gasteiger partial charge in [-0.3, -0.25) is 4.79 Å². The smallest absolute Gasteiger partial charge is 0.159 e. The molecule has 5 rings (SSSR count). The first-order valence-corrected chi connectivity index (χ1v) is 8.32. The quantitative estimate of drug-likeness (QED) is 0.817. The van der Waals surface area contributed by atoms with Gasteiger partial charge in [-0.15, -0.1) is 0 Å². The predicted molar refractivity (Wildman–Crippen MR) is 93.2 cm³/mol. The Balaban J connectivity index is 1.54. The van der Waals surface area contributed by atoms with Crippen LogP contribution in [0.4, 0.5) is 0 Å². The van der Waals surface area contributed by atoms with Crippen molar-refractivity contribution in [2.24, 2.45) is 23.7 Å². The van der Waals surface area contributed by atoms with Crippen molar-refractivity contribution >= 4 is 11.9 Å². The molecule has 0 amide bonds. The van der Waals surface area contributed by atoms with Gasteiger partial charge in [0.2, 0.25) is 0 Å². The predicted octanol–water partition coefficient (Wildman–Crippen LogP) is 4.52. The van der Waals surface area contributed by atoms with E-state index in [9.17, 15) is 4.79 Å². The zero-order valence-corrected chi connectivity index (χ0v) is 13.5. The van der Waals surface area contributed by atoms with Crippen molar-refractivity contribution in [1.29, 1.82) is 0 Å². The van der Waals surface area contributed by atoms with Crippen LogP contribution in [0.3, 0.4) is 0 Å². The van der Waals surface area contributed by atoms with Gasteiger partial charge in [0.15, 0.2) is 5.78 Å². The summed E-state index contributed by atoms with van der Waals surface area (Å²) in [6, 6.07) is 12.5. The van der Waals surface area contributed by atoms with Gasteiger partial charge >= 0.3 is 0 Å². The van der Waals surface area contributed by atoms with Gasteiger partial charge in [0.05, 0.1) is 0 Å². The Morgan fingerprint density at radius 3 is 2.17 bits per heavy atom. The van der Waals surface area contributed by atoms with E-state index in [1.54, 1.807) is 0 Å². The zero-order valence-electron chi connectivity index (χ0n) is 13.5. The minimum absolute atomic E-state index is 0.262. The fraction of sp³-hybridized carbons (Fsp3) is 0.286. The molecule has 0 N–H and O–H groups in total. The van der Waals surface area contributed by atoms with E-state index in [1.807, 2.05) is 30.6 Å². The Morgan fingerprint density at radius 1 is 0.913 bits per heavy atom. The molecular weight excluding hydrogens is 282 g/mol. The van der Waals surface area contributed by atoms with Crippen LogP contribution in [-0.2, 0) is 4.79 Å². The molecular formula is C21H21NO. The standard InChI is InChI=1S/C21H21NO/c1-14-20-15(2)21(14)19(23)13-17(20)8-5-16-6-9-18(10-7-16)22-11-3-4-12-22/h3-15,20-21H,1-2H3. The summed E-state index contributed by atoms with van der Waals surface area (Å²) in [6.07, 6.45) is 10.2. The summed E-state index contributed by atoms with van der Waals surface area (Å²) in [6.45, 7) is 4.42. The molecule has 0 saturated heterocycles. The molecule has 2 aromatic rings. The Hall–Kier alpha value is -2.35. The van der Waals surface area contributed by atoms with E-state index in [2.05, 4.69) is 54.8 Å². The highest BCUT2D eigenvalue weighted by molar-refractivity contribution is 5.96. The van der Waals surface area contributed by atoms with Crippen LogP contribution in [0.15, 0.2) is 66.5 Å². The Labute approximate surface area is 137 Å². The molecule has 2 unspecified atom stereocenters. The van der Waals surface area contributed by atoms with Gasteiger partial charge in [0, 0.05) is 24.0 Å². The number of carbonyl (C=O) groups excluding carboxylic acids is 1. The summed E-state index contributed by atoms with van der Waals surface area (Å²) in [5.41, 5.74) is 3.52. The average Bonchev–Trinajstić information content (AvgIpc) is 3.07. The molecule has 0 spiro atoms. The molecule has 3 aliphatic rings. The summed E-state index contributed by atoms with van der Waals surface area (Å²) >= 11 is 0. The fourth-order valence-electron chi connectivity index (χ4n) is 4.36. The molecule has 3 aliphatic carbocycles. The maximum atomic E-state index is 12.1. The third-order valence-electron chi connectivity index (χ3n) is 5.55. The second-order valence-electron chi connectivity index (χ2n) is 6.83. The second-order valence-corrected chi connectivity index (χ2v) is 6.83. The number of hydrogen-bond donors (Lipinski definition) is 0. The molecule has 1 aromatic heterocycles. The third kappa shape index (κ3) is 2.29. The number of hydrogen-bond acceptors (Lipinski definition) is 1. The van der Waals surface area contributed by atoms with E-state index in [0.717, 1.165) is 11.3 Å². The van der Waals surface area contributed by atoms with Crippen molar-refractivity contribution in [2.45, 2.75) is 13.8 Å². The summed E-state index contributed by atoms with van der Waals surface area (Å²) in [7, 11) is 0. The van der Waals surface area contributed by atoms with Gasteiger partial charge in [-0.2, -0.15) is 0 Å². The number of fused-ring (bicyclic) bond motifs is 1. The van der Waals surface area contributed by atoms with Crippen LogP contribution in [-0.4, -0.2) is 10.4 Å². The van der Waals surface area contributed by atoms with E-state index in [1.165, 1.54) is 5.57 Å². The fourth-order valence-corrected chi connectivity index (χ4v) is 4.36. The molecule has 1 saturated carbocycles. The van der Waals surface area contributed by atoms with Gasteiger partial charge in [0.1, 0.15) is 0 Å². The molecule has 1 aromatic carbocycles. The van der Waals surface area contributed by atoms with Crippen LogP contribution >= 0.6 is 0 Å². The SMILES string of the molecule is CC1C2C(=O)C=C(C=Cc3ccc(-n4cccc4)cc3)C1C2C. The molecule has 116 valence electrons. The number of rotatable bonds is 3. The highest BCUT2D eigenvalue weighted by atomic mass is 16.1. The summed E-state index contributed by atoms with van der Waals surface area (Å²) in [5.74, 6) is 2.12. The molecule has 2 heteroatoms. The lowest BCUT2D eigenvalue weighted by Gasteiger charge is -2.52. The Kier molecular flexibility index (Phi) is 3.33. The molecule has 1 fully saturated rings. The number of benzene rings is 1. The van der Waals surface area contributed by atoms with Crippen molar-refractivity contribution in [3.05, 3.63) is 72.1 Å². The molecule has 1 heterocycles. The maximum absolute atomic E-state index is 12.1. The highest BCUT2D eigenvalue weighted by Gasteiger charge is 2.52. The number of aromatic nitrogens is 1. The van der Waals surface area contributed by atoms with Crippen LogP contribution in [0, 0.1) is 23.7 Å². The number of ketones is 1. The first kappa shape index (κ1) is 14.3. The Bertz CT molecular complexity index is 770. The summed E-state index contributed by atoms with van der Waals surface area (Å²) in [4.78, 5) is 12.1. The second kappa shape index (κ2) is 5.38. The molecule has 0 aliphatic heterocycles. The van der Waals surface area contributed by atoms with Gasteiger partial charge in [-0.25, -0.2) is 0 Å². The number of nitrogens with zero attached hydrogens (tertiary/aromatic N) is 1. The van der Waals surface area contributed by atoms with Gasteiger partial charge in [-0.05, 0) is 59.2 Å². The first-order valence-electron chi connectivity index (χ1n) is 8.32. The van der Waals surface area contributed by atoms with Crippen molar-refractivity contribution in [3.63, 3.8) is 0 Å². The van der Waals surface area contributed by atoms with Crippen LogP contribution in [0.1, 0.15) is 19.4 Å². The van der Waals surface area contributed by atoms with Crippen molar-refractivity contribution < 1.29 is 4.79 Å². The van der Waals surface area contributed by atoms with Crippen LogP contribution in [0.25, 0.3) is 11.8 Å². The molecule has 0 radical (unpaired) electrons. The van der Waals surface area contributed by atoms with Crippen LogP contribution in [0.5, 0.6) is 0 Å². The average molecular weight is 303 g/mol. The van der Waals surface area contributed by atoms with E-state index in [0.29, 0.717) is 23.5 Å². The number of allylic oxidation sites excluding steroid dienone is 3. The highest BCUT2D eigenvalue weighted by Crippen LogP contribution is 2.53. The van der Waals surface area contributed by atoms with Crippen molar-refractivity contribution in [1.82, 2.24) is 4.57 Å². The minimum atomic E-state index is 0.262. The van der Waals surface area contributed by atoms with Crippen LogP contribution < -0.4 is 0 Å². The van der Waals surface area contributed by atoms with Crippen LogP contribution in [0.2, 0.25) is 0 Å². The monoisotopic (exact) mass is 303 g/mol. The van der Waals surface area contributed by atoms with Gasteiger partial charge < -0.3 is 4.57 Å². The van der Waals surface area contributed by atoms with Gasteiger partial charge in [0.25, 0.3) is 0 Å². The summed E-state index contributed by atoms with van der Waals surface area (Å²) in [5, 5.41) is 0. The maximum Gasteiger partial charge on any atom is 0.159 e. The lowest BCUT2D eigenvalue weighted by molar-refractivity contribution is -0.131. The molecule has 2 bridgehead atoms. The van der Waals surface area contributed by atoms with E-state index < -0.39 is 0 Å². The Morgan fingerprint density at radius 2 is 1.57 bits per heavy atom. The first-order chi connectivity index (χ1) is 11.1. The van der Waals surface area contributed by atoms with E-state index in [-0.39, 0.29) is 5.92 Å². The number of carbonyl (C=O) groups is 1. The molecule has 2 atom stereocenters. The minimum Gasteiger partial charge on any atom is -0.324 e. The van der Waals surface area contributed by atoms with Crippen molar-refractivity contribution in [2.75, 3.05) is 0 Å². The third-order valence-corrected chi connectivity index (χ3v) is 5.55.